The molecule has 0 N–H and O–H groups in total. The van der Waals surface area contributed by atoms with Crippen LogP contribution in [0.2, 0.25) is 0 Å². The molecule has 5 heteroatoms. The summed E-state index contributed by atoms with van der Waals surface area (Å²) in [6.45, 7) is 8.68. The Morgan fingerprint density at radius 1 is 1.29 bits per heavy atom. The molecule has 0 saturated carbocycles. The van der Waals surface area contributed by atoms with Crippen LogP contribution in [0.4, 0.5) is 0 Å². The predicted octanol–water partition coefficient (Wildman–Crippen LogP) is 2.62. The Balaban J connectivity index is 3.46. The van der Waals surface area contributed by atoms with E-state index in [1.54, 1.807) is 34.6 Å². The van der Waals surface area contributed by atoms with E-state index >= 15 is 0 Å². The van der Waals surface area contributed by atoms with Crippen molar-refractivity contribution < 1.29 is 12.6 Å². The molecule has 0 aromatic carbocycles. The molecule has 0 aliphatic carbocycles. The van der Waals surface area contributed by atoms with Crippen LogP contribution in [0.1, 0.15) is 34.6 Å². The molecule has 0 fully saturated rings. The Labute approximate surface area is 90.2 Å². The normalized spacial score (nSPS) is 25.6. The molecule has 14 heavy (non-hydrogen) atoms. The van der Waals surface area contributed by atoms with Crippen molar-refractivity contribution >= 4 is 21.7 Å². The van der Waals surface area contributed by atoms with Gasteiger partial charge in [0.25, 0.3) is 10.1 Å². The maximum Gasteiger partial charge on any atom is 0.295 e. The Morgan fingerprint density at radius 3 is 1.86 bits per heavy atom. The van der Waals surface area contributed by atoms with E-state index in [2.05, 4.69) is 0 Å². The van der Waals surface area contributed by atoms with Gasteiger partial charge in [-0.3, -0.25) is 4.18 Å². The molecule has 0 unspecified atom stereocenters. The molecule has 1 heterocycles. The second kappa shape index (κ2) is 2.97. The summed E-state index contributed by atoms with van der Waals surface area (Å²) in [4.78, 5) is 0.191. The van der Waals surface area contributed by atoms with Crippen LogP contribution in [-0.4, -0.2) is 14.0 Å². The zero-order valence-electron chi connectivity index (χ0n) is 9.01. The van der Waals surface area contributed by atoms with Crippen LogP contribution < -0.4 is 0 Å². The van der Waals surface area contributed by atoms with Crippen molar-refractivity contribution in [1.29, 1.82) is 0 Å². The standard InChI is InChI=1S/C9H15ClO3S/c1-8(2,3)7-6(10)9(4,5)13-14(7,11)12/h1-5H3. The lowest BCUT2D eigenvalue weighted by Gasteiger charge is -2.18. The van der Waals surface area contributed by atoms with E-state index in [0.717, 1.165) is 0 Å². The van der Waals surface area contributed by atoms with Gasteiger partial charge in [0.2, 0.25) is 0 Å². The Morgan fingerprint density at radius 2 is 1.71 bits per heavy atom. The van der Waals surface area contributed by atoms with Gasteiger partial charge < -0.3 is 0 Å². The second-order valence-corrected chi connectivity index (χ2v) is 6.80. The van der Waals surface area contributed by atoms with E-state index in [-0.39, 0.29) is 9.94 Å². The first-order chi connectivity index (χ1) is 5.98. The fourth-order valence-corrected chi connectivity index (χ4v) is 4.02. The quantitative estimate of drug-likeness (QED) is 0.610. The number of allylic oxidation sites excluding steroid dienone is 1. The minimum atomic E-state index is -3.65. The molecule has 1 rings (SSSR count). The van der Waals surface area contributed by atoms with Crippen molar-refractivity contribution in [2.24, 2.45) is 5.41 Å². The van der Waals surface area contributed by atoms with Gasteiger partial charge in [-0.25, -0.2) is 0 Å². The smallest absolute Gasteiger partial charge is 0.255 e. The fourth-order valence-electron chi connectivity index (χ4n) is 1.44. The highest BCUT2D eigenvalue weighted by molar-refractivity contribution is 7.91. The molecule has 0 saturated heterocycles. The summed E-state index contributed by atoms with van der Waals surface area (Å²) < 4.78 is 28.3. The van der Waals surface area contributed by atoms with Gasteiger partial charge >= 0.3 is 0 Å². The summed E-state index contributed by atoms with van der Waals surface area (Å²) in [5, 5.41) is 0.282. The van der Waals surface area contributed by atoms with Gasteiger partial charge in [0.1, 0.15) is 5.60 Å². The van der Waals surface area contributed by atoms with Crippen LogP contribution >= 0.6 is 11.6 Å². The molecule has 1 aliphatic heterocycles. The highest BCUT2D eigenvalue weighted by atomic mass is 35.5. The third kappa shape index (κ3) is 1.83. The second-order valence-electron chi connectivity index (χ2n) is 4.94. The SMILES string of the molecule is CC(C)(C)C1=C(Cl)C(C)(C)OS1(=O)=O. The average molecular weight is 239 g/mol. The van der Waals surface area contributed by atoms with Crippen LogP contribution in [-0.2, 0) is 14.3 Å². The van der Waals surface area contributed by atoms with Gasteiger partial charge in [-0.05, 0) is 13.8 Å². The van der Waals surface area contributed by atoms with Gasteiger partial charge in [0.05, 0.1) is 9.94 Å². The van der Waals surface area contributed by atoms with E-state index in [0.29, 0.717) is 0 Å². The van der Waals surface area contributed by atoms with Crippen molar-refractivity contribution in [1.82, 2.24) is 0 Å². The number of rotatable bonds is 0. The van der Waals surface area contributed by atoms with Crippen molar-refractivity contribution in [2.75, 3.05) is 0 Å². The molecule has 1 aliphatic rings. The molecular weight excluding hydrogens is 224 g/mol. The molecule has 82 valence electrons. The van der Waals surface area contributed by atoms with E-state index in [9.17, 15) is 8.42 Å². The van der Waals surface area contributed by atoms with E-state index in [1.165, 1.54) is 0 Å². The third-order valence-corrected chi connectivity index (χ3v) is 4.69. The summed E-state index contributed by atoms with van der Waals surface area (Å²) in [6, 6.07) is 0. The van der Waals surface area contributed by atoms with E-state index in [1.807, 2.05) is 0 Å². The molecule has 0 bridgehead atoms. The number of hydrogen-bond donors (Lipinski definition) is 0. The van der Waals surface area contributed by atoms with Crippen LogP contribution in [0.3, 0.4) is 0 Å². The van der Waals surface area contributed by atoms with Gasteiger partial charge in [0.15, 0.2) is 0 Å². The first-order valence-electron chi connectivity index (χ1n) is 4.35. The Kier molecular flexibility index (Phi) is 2.54. The Bertz CT molecular complexity index is 385. The first-order valence-corrected chi connectivity index (χ1v) is 6.13. The molecule has 0 spiro atoms. The number of hydrogen-bond acceptors (Lipinski definition) is 3. The maximum atomic E-state index is 11.7. The monoisotopic (exact) mass is 238 g/mol. The fraction of sp³-hybridized carbons (Fsp3) is 0.778. The molecule has 0 atom stereocenters. The zero-order chi connectivity index (χ0) is 11.4. The van der Waals surface area contributed by atoms with Crippen LogP contribution in [0.25, 0.3) is 0 Å². The lowest BCUT2D eigenvalue weighted by atomic mass is 9.93. The molecule has 0 amide bonds. The highest BCUT2D eigenvalue weighted by Gasteiger charge is 2.47. The Hall–Kier alpha value is -0.0600. The maximum absolute atomic E-state index is 11.7. The van der Waals surface area contributed by atoms with Gasteiger partial charge in [-0.1, -0.05) is 32.4 Å². The summed E-state index contributed by atoms with van der Waals surface area (Å²) in [7, 11) is -3.65. The van der Waals surface area contributed by atoms with E-state index in [4.69, 9.17) is 15.8 Å². The lowest BCUT2D eigenvalue weighted by Crippen LogP contribution is -2.21. The summed E-state index contributed by atoms with van der Waals surface area (Å²) in [5.74, 6) is 0. The minimum absolute atomic E-state index is 0.191. The molecular formula is C9H15ClO3S. The average Bonchev–Trinajstić information content (AvgIpc) is 1.93. The zero-order valence-corrected chi connectivity index (χ0v) is 10.6. The summed E-state index contributed by atoms with van der Waals surface area (Å²) >= 11 is 6.01. The van der Waals surface area contributed by atoms with Crippen LogP contribution in [0.5, 0.6) is 0 Å². The molecule has 3 nitrogen and oxygen atoms in total. The topological polar surface area (TPSA) is 43.4 Å². The third-order valence-electron chi connectivity index (χ3n) is 1.98. The molecule has 0 aromatic heterocycles. The molecule has 0 aromatic rings. The van der Waals surface area contributed by atoms with Gasteiger partial charge in [0, 0.05) is 5.41 Å². The van der Waals surface area contributed by atoms with Gasteiger partial charge in [-0.2, -0.15) is 8.42 Å². The summed E-state index contributed by atoms with van der Waals surface area (Å²) in [5.41, 5.74) is -1.45. The van der Waals surface area contributed by atoms with Crippen LogP contribution in [0.15, 0.2) is 9.94 Å². The van der Waals surface area contributed by atoms with Crippen molar-refractivity contribution in [3.05, 3.63) is 9.94 Å². The highest BCUT2D eigenvalue weighted by Crippen LogP contribution is 2.46. The summed E-state index contributed by atoms with van der Waals surface area (Å²) in [6.07, 6.45) is 0. The van der Waals surface area contributed by atoms with Crippen molar-refractivity contribution in [3.63, 3.8) is 0 Å². The van der Waals surface area contributed by atoms with Gasteiger partial charge in [-0.15, -0.1) is 0 Å². The van der Waals surface area contributed by atoms with Crippen molar-refractivity contribution in [3.8, 4) is 0 Å². The molecule has 0 radical (unpaired) electrons. The number of halogens is 1. The largest absolute Gasteiger partial charge is 0.295 e. The van der Waals surface area contributed by atoms with Crippen molar-refractivity contribution in [2.45, 2.75) is 40.2 Å². The van der Waals surface area contributed by atoms with Crippen LogP contribution in [0, 0.1) is 5.41 Å². The minimum Gasteiger partial charge on any atom is -0.255 e. The van der Waals surface area contributed by atoms with E-state index < -0.39 is 21.1 Å². The first kappa shape index (κ1) is 12.0. The lowest BCUT2D eigenvalue weighted by molar-refractivity contribution is 0.179. The predicted molar refractivity (Wildman–Crippen MR) is 56.4 cm³/mol.